The fourth-order valence-corrected chi connectivity index (χ4v) is 2.06. The van der Waals surface area contributed by atoms with Crippen molar-refractivity contribution in [3.63, 3.8) is 0 Å². The molecule has 1 saturated carbocycles. The molecule has 1 aliphatic rings. The number of hydrogen-bond donors (Lipinski definition) is 1. The number of fused-ring (bicyclic) bond motifs is 1. The molecule has 0 atom stereocenters. The first-order valence-corrected chi connectivity index (χ1v) is 5.57. The minimum atomic E-state index is -0.255. The summed E-state index contributed by atoms with van der Waals surface area (Å²) >= 11 is 0. The summed E-state index contributed by atoms with van der Waals surface area (Å²) < 4.78 is 13.7. The number of para-hydroxylation sites is 1. The van der Waals surface area contributed by atoms with Crippen molar-refractivity contribution in [1.29, 1.82) is 0 Å². The van der Waals surface area contributed by atoms with Crippen molar-refractivity contribution in [2.24, 2.45) is 5.73 Å². The van der Waals surface area contributed by atoms with Crippen molar-refractivity contribution in [2.45, 2.75) is 25.3 Å². The highest BCUT2D eigenvalue weighted by Gasteiger charge is 2.26. The second kappa shape index (κ2) is 3.52. The number of benzene rings is 1. The van der Waals surface area contributed by atoms with Crippen LogP contribution in [0.3, 0.4) is 0 Å². The van der Waals surface area contributed by atoms with Gasteiger partial charge in [-0.2, -0.15) is 0 Å². The van der Waals surface area contributed by atoms with Crippen LogP contribution in [0.5, 0.6) is 0 Å². The number of hydrogen-bond acceptors (Lipinski definition) is 2. The molecule has 0 amide bonds. The van der Waals surface area contributed by atoms with Gasteiger partial charge in [0.15, 0.2) is 0 Å². The highest BCUT2D eigenvalue weighted by Crippen LogP contribution is 2.40. The fourth-order valence-electron chi connectivity index (χ4n) is 2.06. The zero-order valence-electron chi connectivity index (χ0n) is 8.91. The second-order valence-corrected chi connectivity index (χ2v) is 4.32. The minimum Gasteiger partial charge on any atom is -0.326 e. The first-order valence-electron chi connectivity index (χ1n) is 5.57. The van der Waals surface area contributed by atoms with E-state index in [4.69, 9.17) is 5.73 Å². The van der Waals surface area contributed by atoms with Crippen LogP contribution in [0.25, 0.3) is 10.9 Å². The second-order valence-electron chi connectivity index (χ2n) is 4.32. The third-order valence-corrected chi connectivity index (χ3v) is 3.11. The van der Waals surface area contributed by atoms with Gasteiger partial charge in [-0.15, -0.1) is 0 Å². The van der Waals surface area contributed by atoms with Crippen molar-refractivity contribution in [3.05, 3.63) is 41.3 Å². The molecule has 16 heavy (non-hydrogen) atoms. The molecular formula is C13H13FN2. The SMILES string of the molecule is NCc1cc(C2CC2)nc2c(F)cccc12. The van der Waals surface area contributed by atoms with Gasteiger partial charge in [0.2, 0.25) is 0 Å². The number of rotatable bonds is 2. The summed E-state index contributed by atoms with van der Waals surface area (Å²) in [5.74, 6) is 0.268. The van der Waals surface area contributed by atoms with E-state index in [0.717, 1.165) is 29.5 Å². The predicted octanol–water partition coefficient (Wildman–Crippen LogP) is 2.71. The van der Waals surface area contributed by atoms with Gasteiger partial charge >= 0.3 is 0 Å². The van der Waals surface area contributed by atoms with Crippen LogP contribution in [0.4, 0.5) is 4.39 Å². The molecule has 1 aromatic heterocycles. The highest BCUT2D eigenvalue weighted by atomic mass is 19.1. The zero-order valence-corrected chi connectivity index (χ0v) is 8.91. The molecule has 0 bridgehead atoms. The van der Waals surface area contributed by atoms with Crippen LogP contribution >= 0.6 is 0 Å². The summed E-state index contributed by atoms with van der Waals surface area (Å²) in [6.45, 7) is 0.433. The summed E-state index contributed by atoms with van der Waals surface area (Å²) in [4.78, 5) is 4.41. The third kappa shape index (κ3) is 1.48. The Bertz CT molecular complexity index is 547. The molecule has 0 saturated heterocycles. The molecule has 82 valence electrons. The smallest absolute Gasteiger partial charge is 0.149 e. The first kappa shape index (κ1) is 9.73. The molecule has 0 radical (unpaired) electrons. The Kier molecular flexibility index (Phi) is 2.14. The van der Waals surface area contributed by atoms with Gasteiger partial charge in [0.1, 0.15) is 11.3 Å². The molecule has 3 rings (SSSR count). The van der Waals surface area contributed by atoms with E-state index < -0.39 is 0 Å². The Morgan fingerprint density at radius 1 is 1.38 bits per heavy atom. The summed E-state index contributed by atoms with van der Waals surface area (Å²) in [6.07, 6.45) is 2.33. The van der Waals surface area contributed by atoms with Gasteiger partial charge < -0.3 is 5.73 Å². The highest BCUT2D eigenvalue weighted by molar-refractivity contribution is 5.83. The van der Waals surface area contributed by atoms with E-state index in [0.29, 0.717) is 18.0 Å². The van der Waals surface area contributed by atoms with E-state index >= 15 is 0 Å². The standard InChI is InChI=1S/C13H13FN2/c14-11-3-1-2-10-9(7-15)6-12(8-4-5-8)16-13(10)11/h1-3,6,8H,4-5,7,15H2. The predicted molar refractivity (Wildman–Crippen MR) is 61.6 cm³/mol. The number of nitrogens with zero attached hydrogens (tertiary/aromatic N) is 1. The van der Waals surface area contributed by atoms with Crippen LogP contribution in [-0.4, -0.2) is 4.98 Å². The number of aromatic nitrogens is 1. The van der Waals surface area contributed by atoms with Crippen molar-refractivity contribution < 1.29 is 4.39 Å². The number of halogens is 1. The molecule has 1 heterocycles. The van der Waals surface area contributed by atoms with Crippen molar-refractivity contribution in [2.75, 3.05) is 0 Å². The average molecular weight is 216 g/mol. The number of nitrogens with two attached hydrogens (primary N) is 1. The molecule has 0 spiro atoms. The minimum absolute atomic E-state index is 0.255. The summed E-state index contributed by atoms with van der Waals surface area (Å²) in [7, 11) is 0. The molecule has 0 aliphatic heterocycles. The lowest BCUT2D eigenvalue weighted by Crippen LogP contribution is -2.01. The maximum absolute atomic E-state index is 13.7. The van der Waals surface area contributed by atoms with Gasteiger partial charge in [-0.25, -0.2) is 9.37 Å². The van der Waals surface area contributed by atoms with Crippen molar-refractivity contribution in [1.82, 2.24) is 4.98 Å². The van der Waals surface area contributed by atoms with Gasteiger partial charge in [-0.05, 0) is 30.5 Å². The Morgan fingerprint density at radius 3 is 2.88 bits per heavy atom. The van der Waals surface area contributed by atoms with E-state index in [1.807, 2.05) is 12.1 Å². The van der Waals surface area contributed by atoms with Gasteiger partial charge in [0.25, 0.3) is 0 Å². The van der Waals surface area contributed by atoms with Crippen LogP contribution in [0.15, 0.2) is 24.3 Å². The van der Waals surface area contributed by atoms with Gasteiger partial charge in [-0.1, -0.05) is 12.1 Å². The van der Waals surface area contributed by atoms with Crippen LogP contribution in [-0.2, 0) is 6.54 Å². The van der Waals surface area contributed by atoms with Crippen molar-refractivity contribution >= 4 is 10.9 Å². The maximum Gasteiger partial charge on any atom is 0.149 e. The van der Waals surface area contributed by atoms with Gasteiger partial charge in [0.05, 0.1) is 0 Å². The Balaban J connectivity index is 2.30. The van der Waals surface area contributed by atoms with Crippen molar-refractivity contribution in [3.8, 4) is 0 Å². The van der Waals surface area contributed by atoms with Crippen LogP contribution in [0, 0.1) is 5.82 Å². The molecule has 1 aromatic carbocycles. The normalized spacial score (nSPS) is 15.6. The van der Waals surface area contributed by atoms with E-state index in [1.165, 1.54) is 6.07 Å². The lowest BCUT2D eigenvalue weighted by atomic mass is 10.1. The lowest BCUT2D eigenvalue weighted by molar-refractivity contribution is 0.636. The first-order chi connectivity index (χ1) is 7.79. The Morgan fingerprint density at radius 2 is 2.19 bits per heavy atom. The van der Waals surface area contributed by atoms with Crippen LogP contribution < -0.4 is 5.73 Å². The number of pyridine rings is 1. The molecular weight excluding hydrogens is 203 g/mol. The molecule has 2 nitrogen and oxygen atoms in total. The summed E-state index contributed by atoms with van der Waals surface area (Å²) in [5, 5.41) is 0.840. The van der Waals surface area contributed by atoms with E-state index in [-0.39, 0.29) is 5.82 Å². The average Bonchev–Trinajstić information content (AvgIpc) is 3.12. The van der Waals surface area contributed by atoms with Crippen LogP contribution in [0.1, 0.15) is 30.0 Å². The Labute approximate surface area is 93.3 Å². The monoisotopic (exact) mass is 216 g/mol. The Hall–Kier alpha value is -1.48. The molecule has 1 fully saturated rings. The molecule has 3 heteroatoms. The zero-order chi connectivity index (χ0) is 11.1. The van der Waals surface area contributed by atoms with Crippen LogP contribution in [0.2, 0.25) is 0 Å². The molecule has 2 N–H and O–H groups in total. The molecule has 0 unspecified atom stereocenters. The van der Waals surface area contributed by atoms with E-state index in [9.17, 15) is 4.39 Å². The van der Waals surface area contributed by atoms with E-state index in [2.05, 4.69) is 4.98 Å². The van der Waals surface area contributed by atoms with Gasteiger partial charge in [0, 0.05) is 23.5 Å². The summed E-state index contributed by atoms with van der Waals surface area (Å²) in [5.41, 5.74) is 8.16. The molecule has 1 aliphatic carbocycles. The topological polar surface area (TPSA) is 38.9 Å². The third-order valence-electron chi connectivity index (χ3n) is 3.11. The van der Waals surface area contributed by atoms with E-state index in [1.54, 1.807) is 6.07 Å². The maximum atomic E-state index is 13.7. The molecule has 2 aromatic rings. The summed E-state index contributed by atoms with van der Waals surface area (Å²) in [6, 6.07) is 7.06. The lowest BCUT2D eigenvalue weighted by Gasteiger charge is -2.07. The fraction of sp³-hybridized carbons (Fsp3) is 0.308. The largest absolute Gasteiger partial charge is 0.326 e. The van der Waals surface area contributed by atoms with Gasteiger partial charge in [-0.3, -0.25) is 0 Å². The quantitative estimate of drug-likeness (QED) is 0.838.